The molecule has 0 radical (unpaired) electrons. The molecule has 0 aliphatic heterocycles. The standard InChI is InChI=1S/C31H32N2O4S2/c1-21-8-6-7-11-24(21)26-16-22(12-13-25(26)30(34)33-28(31(35)36)14-15-38-2)18-37-19-27(29-17-32-20-39-29)23-9-4-3-5-10-23/h3-13,16-17,20,27-28H,14-15,18-19H2,1-2H3,(H,33,34)(H,35,36)/t27?,28-/m0/s1. The average Bonchev–Trinajstić information content (AvgIpc) is 3.48. The largest absolute Gasteiger partial charge is 0.480 e. The first-order valence-corrected chi connectivity index (χ1v) is 15.0. The van der Waals surface area contributed by atoms with Crippen LogP contribution in [0.2, 0.25) is 0 Å². The lowest BCUT2D eigenvalue weighted by atomic mass is 9.93. The highest BCUT2D eigenvalue weighted by Crippen LogP contribution is 2.30. The number of aliphatic carboxylic acids is 1. The van der Waals surface area contributed by atoms with Gasteiger partial charge in [0.15, 0.2) is 0 Å². The van der Waals surface area contributed by atoms with Crippen LogP contribution in [0, 0.1) is 6.92 Å². The zero-order valence-electron chi connectivity index (χ0n) is 22.0. The van der Waals surface area contributed by atoms with E-state index in [1.165, 1.54) is 5.56 Å². The number of thiazole rings is 1. The highest BCUT2D eigenvalue weighted by Gasteiger charge is 2.23. The molecule has 0 saturated carbocycles. The lowest BCUT2D eigenvalue weighted by Crippen LogP contribution is -2.41. The fourth-order valence-electron chi connectivity index (χ4n) is 4.43. The Morgan fingerprint density at radius 3 is 2.51 bits per heavy atom. The monoisotopic (exact) mass is 560 g/mol. The number of aryl methyl sites for hydroxylation is 1. The van der Waals surface area contributed by atoms with Gasteiger partial charge in [-0.3, -0.25) is 9.78 Å². The number of hydrogen-bond acceptors (Lipinski definition) is 6. The van der Waals surface area contributed by atoms with Crippen molar-refractivity contribution < 1.29 is 19.4 Å². The van der Waals surface area contributed by atoms with E-state index in [1.807, 2.05) is 79.5 Å². The highest BCUT2D eigenvalue weighted by molar-refractivity contribution is 7.98. The summed E-state index contributed by atoms with van der Waals surface area (Å²) < 4.78 is 6.22. The summed E-state index contributed by atoms with van der Waals surface area (Å²) in [5.41, 5.74) is 7.07. The van der Waals surface area contributed by atoms with Gasteiger partial charge >= 0.3 is 5.97 Å². The van der Waals surface area contributed by atoms with Gasteiger partial charge in [0.2, 0.25) is 0 Å². The summed E-state index contributed by atoms with van der Waals surface area (Å²) in [6.45, 7) is 2.86. The van der Waals surface area contributed by atoms with Crippen molar-refractivity contribution in [2.75, 3.05) is 18.6 Å². The molecule has 3 aromatic carbocycles. The molecule has 4 rings (SSSR count). The fraction of sp³-hybridized carbons (Fsp3) is 0.258. The number of carboxylic acid groups (broad SMARTS) is 1. The molecule has 2 atom stereocenters. The lowest BCUT2D eigenvalue weighted by Gasteiger charge is -2.18. The van der Waals surface area contributed by atoms with Gasteiger partial charge < -0.3 is 15.2 Å². The Morgan fingerprint density at radius 1 is 1.05 bits per heavy atom. The van der Waals surface area contributed by atoms with E-state index in [0.717, 1.165) is 27.1 Å². The molecule has 202 valence electrons. The Morgan fingerprint density at radius 2 is 1.82 bits per heavy atom. The summed E-state index contributed by atoms with van der Waals surface area (Å²) in [5, 5.41) is 12.3. The minimum absolute atomic E-state index is 0.0776. The molecule has 1 amide bonds. The van der Waals surface area contributed by atoms with E-state index in [4.69, 9.17) is 4.74 Å². The predicted octanol–water partition coefficient (Wildman–Crippen LogP) is 6.40. The summed E-state index contributed by atoms with van der Waals surface area (Å²) in [6.07, 6.45) is 4.16. The molecule has 1 aromatic heterocycles. The maximum atomic E-state index is 13.3. The van der Waals surface area contributed by atoms with Crippen LogP contribution in [0.25, 0.3) is 11.1 Å². The smallest absolute Gasteiger partial charge is 0.326 e. The van der Waals surface area contributed by atoms with E-state index in [0.29, 0.717) is 31.0 Å². The Labute approximate surface area is 237 Å². The van der Waals surface area contributed by atoms with Crippen LogP contribution < -0.4 is 5.32 Å². The number of carboxylic acids is 1. The first kappa shape index (κ1) is 28.5. The summed E-state index contributed by atoms with van der Waals surface area (Å²) in [7, 11) is 0. The van der Waals surface area contributed by atoms with Crippen LogP contribution in [0.15, 0.2) is 84.5 Å². The number of hydrogen-bond donors (Lipinski definition) is 2. The number of carbonyl (C=O) groups excluding carboxylic acids is 1. The van der Waals surface area contributed by atoms with Crippen molar-refractivity contribution in [2.45, 2.75) is 31.9 Å². The molecule has 4 aromatic rings. The number of ether oxygens (including phenoxy) is 1. The van der Waals surface area contributed by atoms with Crippen LogP contribution in [0.5, 0.6) is 0 Å². The highest BCUT2D eigenvalue weighted by atomic mass is 32.2. The van der Waals surface area contributed by atoms with Gasteiger partial charge in [-0.1, -0.05) is 60.7 Å². The fourth-order valence-corrected chi connectivity index (χ4v) is 5.63. The molecule has 0 fully saturated rings. The van der Waals surface area contributed by atoms with E-state index in [2.05, 4.69) is 22.4 Å². The quantitative estimate of drug-likeness (QED) is 0.197. The molecule has 8 heteroatoms. The first-order chi connectivity index (χ1) is 19.0. The van der Waals surface area contributed by atoms with Crippen LogP contribution in [-0.4, -0.2) is 46.6 Å². The van der Waals surface area contributed by atoms with Crippen molar-refractivity contribution >= 4 is 35.0 Å². The number of carbonyl (C=O) groups is 2. The molecule has 2 N–H and O–H groups in total. The van der Waals surface area contributed by atoms with Gasteiger partial charge in [0.1, 0.15) is 6.04 Å². The topological polar surface area (TPSA) is 88.5 Å². The number of nitrogens with zero attached hydrogens (tertiary/aromatic N) is 1. The van der Waals surface area contributed by atoms with Crippen molar-refractivity contribution in [2.24, 2.45) is 0 Å². The van der Waals surface area contributed by atoms with Gasteiger partial charge in [-0.15, -0.1) is 11.3 Å². The Hall–Kier alpha value is -3.46. The molecule has 1 unspecified atom stereocenters. The summed E-state index contributed by atoms with van der Waals surface area (Å²) in [5.74, 6) is -0.713. The van der Waals surface area contributed by atoms with Crippen molar-refractivity contribution in [3.8, 4) is 11.1 Å². The van der Waals surface area contributed by atoms with Crippen LogP contribution >= 0.6 is 23.1 Å². The van der Waals surface area contributed by atoms with Crippen molar-refractivity contribution in [3.63, 3.8) is 0 Å². The SMILES string of the molecule is CSCC[C@H](NC(=O)c1ccc(COCC(c2ccccc2)c2cncs2)cc1-c1ccccc1C)C(=O)O. The molecular weight excluding hydrogens is 528 g/mol. The third kappa shape index (κ3) is 7.56. The van der Waals surface area contributed by atoms with E-state index >= 15 is 0 Å². The molecule has 0 saturated heterocycles. The maximum Gasteiger partial charge on any atom is 0.326 e. The second-order valence-electron chi connectivity index (χ2n) is 9.22. The van der Waals surface area contributed by atoms with E-state index < -0.39 is 17.9 Å². The third-order valence-corrected chi connectivity index (χ3v) is 8.06. The maximum absolute atomic E-state index is 13.3. The molecule has 0 aliphatic rings. The number of benzene rings is 3. The molecule has 0 aliphatic carbocycles. The van der Waals surface area contributed by atoms with Gasteiger partial charge in [-0.2, -0.15) is 11.8 Å². The minimum atomic E-state index is -1.03. The molecule has 1 heterocycles. The Balaban J connectivity index is 1.57. The van der Waals surface area contributed by atoms with Crippen LogP contribution in [0.4, 0.5) is 0 Å². The zero-order chi connectivity index (χ0) is 27.6. The van der Waals surface area contributed by atoms with Gasteiger partial charge in [-0.25, -0.2) is 4.79 Å². The van der Waals surface area contributed by atoms with E-state index in [9.17, 15) is 14.7 Å². The zero-order valence-corrected chi connectivity index (χ0v) is 23.6. The van der Waals surface area contributed by atoms with Gasteiger partial charge in [-0.05, 0) is 65.3 Å². The number of thioether (sulfide) groups is 1. The van der Waals surface area contributed by atoms with Crippen LogP contribution in [0.3, 0.4) is 0 Å². The van der Waals surface area contributed by atoms with Crippen molar-refractivity contribution in [1.29, 1.82) is 0 Å². The molecule has 0 spiro atoms. The molecule has 0 bridgehead atoms. The first-order valence-electron chi connectivity index (χ1n) is 12.7. The summed E-state index contributed by atoms with van der Waals surface area (Å²) >= 11 is 3.16. The van der Waals surface area contributed by atoms with Crippen molar-refractivity contribution in [3.05, 3.63) is 112 Å². The lowest BCUT2D eigenvalue weighted by molar-refractivity contribution is -0.139. The number of rotatable bonds is 13. The number of nitrogens with one attached hydrogen (secondary N) is 1. The summed E-state index contributed by atoms with van der Waals surface area (Å²) in [4.78, 5) is 30.5. The van der Waals surface area contributed by atoms with Gasteiger partial charge in [0.05, 0.1) is 18.7 Å². The van der Waals surface area contributed by atoms with Gasteiger partial charge in [0, 0.05) is 22.6 Å². The molecular formula is C31H32N2O4S2. The van der Waals surface area contributed by atoms with E-state index in [-0.39, 0.29) is 5.92 Å². The van der Waals surface area contributed by atoms with Gasteiger partial charge in [0.25, 0.3) is 5.91 Å². The number of amides is 1. The Kier molecular flexibility index (Phi) is 10.3. The minimum Gasteiger partial charge on any atom is -0.480 e. The van der Waals surface area contributed by atoms with Crippen LogP contribution in [0.1, 0.15) is 44.3 Å². The summed E-state index contributed by atoms with van der Waals surface area (Å²) in [6, 6.07) is 22.8. The van der Waals surface area contributed by atoms with Crippen molar-refractivity contribution in [1.82, 2.24) is 10.3 Å². The van der Waals surface area contributed by atoms with Crippen LogP contribution in [-0.2, 0) is 16.1 Å². The predicted molar refractivity (Wildman–Crippen MR) is 159 cm³/mol. The third-order valence-electron chi connectivity index (χ3n) is 6.53. The Bertz CT molecular complexity index is 1380. The molecule has 39 heavy (non-hydrogen) atoms. The van der Waals surface area contributed by atoms with E-state index in [1.54, 1.807) is 29.2 Å². The normalized spacial score (nSPS) is 12.6. The second-order valence-corrected chi connectivity index (χ2v) is 11.1. The second kappa shape index (κ2) is 14.1. The average molecular weight is 561 g/mol. The molecule has 6 nitrogen and oxygen atoms in total. The number of aromatic nitrogens is 1.